The first kappa shape index (κ1) is 15.3. The summed E-state index contributed by atoms with van der Waals surface area (Å²) in [7, 11) is 1.74. The van der Waals surface area contributed by atoms with Crippen molar-refractivity contribution < 1.29 is 4.74 Å². The van der Waals surface area contributed by atoms with E-state index in [0.717, 1.165) is 32.2 Å². The van der Waals surface area contributed by atoms with E-state index in [0.29, 0.717) is 0 Å². The van der Waals surface area contributed by atoms with Crippen LogP contribution >= 0.6 is 0 Å². The minimum Gasteiger partial charge on any atom is -0.383 e. The average Bonchev–Trinajstić information content (AvgIpc) is 3.26. The second-order valence-corrected chi connectivity index (χ2v) is 5.77. The maximum atomic E-state index is 5.04. The second kappa shape index (κ2) is 7.65. The van der Waals surface area contributed by atoms with Crippen molar-refractivity contribution in [1.29, 1.82) is 0 Å². The maximum Gasteiger partial charge on any atom is 0.0587 e. The van der Waals surface area contributed by atoms with Gasteiger partial charge in [-0.05, 0) is 49.8 Å². The lowest BCUT2D eigenvalue weighted by molar-refractivity contribution is 0.199. The maximum absolute atomic E-state index is 5.04. The Morgan fingerprint density at radius 1 is 1.35 bits per heavy atom. The first-order valence-corrected chi connectivity index (χ1v) is 7.78. The van der Waals surface area contributed by atoms with Crippen LogP contribution in [0.25, 0.3) is 0 Å². The Hall–Kier alpha value is -1.06. The molecule has 1 aliphatic rings. The summed E-state index contributed by atoms with van der Waals surface area (Å²) in [5.41, 5.74) is 4.14. The molecule has 0 unspecified atom stereocenters. The topological polar surface area (TPSA) is 24.5 Å². The standard InChI is InChI=1S/C17H28N2O/c1-4-19(13-15-5-6-15)17-8-7-16(11-14(17)2)12-18-9-10-20-3/h7-8,11,15,18H,4-6,9-10,12-13H2,1-3H3. The van der Waals surface area contributed by atoms with Gasteiger partial charge >= 0.3 is 0 Å². The number of methoxy groups -OCH3 is 1. The zero-order valence-corrected chi connectivity index (χ0v) is 13.1. The van der Waals surface area contributed by atoms with Crippen molar-refractivity contribution >= 4 is 5.69 Å². The molecule has 1 N–H and O–H groups in total. The van der Waals surface area contributed by atoms with Crippen molar-refractivity contribution in [2.24, 2.45) is 5.92 Å². The van der Waals surface area contributed by atoms with E-state index in [9.17, 15) is 0 Å². The summed E-state index contributed by atoms with van der Waals surface area (Å²) in [5, 5.41) is 3.40. The molecular weight excluding hydrogens is 248 g/mol. The summed E-state index contributed by atoms with van der Waals surface area (Å²) in [4.78, 5) is 2.52. The van der Waals surface area contributed by atoms with Gasteiger partial charge in [-0.3, -0.25) is 0 Å². The summed E-state index contributed by atoms with van der Waals surface area (Å²) in [6.45, 7) is 9.39. The van der Waals surface area contributed by atoms with Crippen molar-refractivity contribution in [1.82, 2.24) is 5.32 Å². The zero-order valence-electron chi connectivity index (χ0n) is 13.1. The molecule has 1 aromatic carbocycles. The molecule has 0 spiro atoms. The molecule has 1 saturated carbocycles. The van der Waals surface area contributed by atoms with Crippen molar-refractivity contribution in [3.8, 4) is 0 Å². The molecule has 0 aliphatic heterocycles. The quantitative estimate of drug-likeness (QED) is 0.702. The Morgan fingerprint density at radius 3 is 2.75 bits per heavy atom. The van der Waals surface area contributed by atoms with E-state index >= 15 is 0 Å². The fraction of sp³-hybridized carbons (Fsp3) is 0.647. The molecule has 0 radical (unpaired) electrons. The van der Waals surface area contributed by atoms with Gasteiger partial charge in [0.15, 0.2) is 0 Å². The van der Waals surface area contributed by atoms with Gasteiger partial charge in [0, 0.05) is 39.0 Å². The van der Waals surface area contributed by atoms with Crippen LogP contribution in [0.3, 0.4) is 0 Å². The number of rotatable bonds is 9. The van der Waals surface area contributed by atoms with Crippen molar-refractivity contribution in [2.45, 2.75) is 33.2 Å². The number of aryl methyl sites for hydroxylation is 1. The van der Waals surface area contributed by atoms with Gasteiger partial charge in [0.25, 0.3) is 0 Å². The predicted molar refractivity (Wildman–Crippen MR) is 85.4 cm³/mol. The first-order chi connectivity index (χ1) is 9.74. The van der Waals surface area contributed by atoms with Crippen LogP contribution in [0.4, 0.5) is 5.69 Å². The summed E-state index contributed by atoms with van der Waals surface area (Å²) in [6, 6.07) is 6.84. The van der Waals surface area contributed by atoms with Crippen LogP contribution in [-0.4, -0.2) is 33.4 Å². The largest absolute Gasteiger partial charge is 0.383 e. The summed E-state index contributed by atoms with van der Waals surface area (Å²) >= 11 is 0. The van der Waals surface area contributed by atoms with Crippen molar-refractivity contribution in [3.05, 3.63) is 29.3 Å². The molecule has 0 saturated heterocycles. The monoisotopic (exact) mass is 276 g/mol. The van der Waals surface area contributed by atoms with E-state index in [1.54, 1.807) is 7.11 Å². The average molecular weight is 276 g/mol. The molecule has 0 amide bonds. The lowest BCUT2D eigenvalue weighted by atomic mass is 10.1. The second-order valence-electron chi connectivity index (χ2n) is 5.77. The molecule has 3 heteroatoms. The van der Waals surface area contributed by atoms with Gasteiger partial charge in [0.05, 0.1) is 6.61 Å². The zero-order chi connectivity index (χ0) is 14.4. The van der Waals surface area contributed by atoms with Crippen LogP contribution < -0.4 is 10.2 Å². The number of hydrogen-bond acceptors (Lipinski definition) is 3. The Balaban J connectivity index is 1.93. The normalized spacial score (nSPS) is 14.6. The molecule has 1 aliphatic carbocycles. The molecule has 0 atom stereocenters. The predicted octanol–water partition coefficient (Wildman–Crippen LogP) is 2.97. The smallest absolute Gasteiger partial charge is 0.0587 e. The van der Waals surface area contributed by atoms with Crippen LogP contribution in [0, 0.1) is 12.8 Å². The fourth-order valence-electron chi connectivity index (χ4n) is 2.60. The highest BCUT2D eigenvalue weighted by molar-refractivity contribution is 5.54. The number of anilines is 1. The van der Waals surface area contributed by atoms with E-state index in [-0.39, 0.29) is 0 Å². The van der Waals surface area contributed by atoms with Crippen molar-refractivity contribution in [2.75, 3.05) is 38.3 Å². The van der Waals surface area contributed by atoms with Crippen molar-refractivity contribution in [3.63, 3.8) is 0 Å². The Morgan fingerprint density at radius 2 is 2.15 bits per heavy atom. The van der Waals surface area contributed by atoms with Crippen LogP contribution in [0.15, 0.2) is 18.2 Å². The molecule has 1 aromatic rings. The number of benzene rings is 1. The molecule has 3 nitrogen and oxygen atoms in total. The molecular formula is C17H28N2O. The SMILES string of the molecule is CCN(CC1CC1)c1ccc(CNCCOC)cc1C. The molecule has 112 valence electrons. The van der Waals surface area contributed by atoms with Gasteiger partial charge in [0.1, 0.15) is 0 Å². The molecule has 1 fully saturated rings. The highest BCUT2D eigenvalue weighted by Gasteiger charge is 2.24. The van der Waals surface area contributed by atoms with E-state index in [1.165, 1.54) is 36.2 Å². The lowest BCUT2D eigenvalue weighted by Gasteiger charge is -2.25. The van der Waals surface area contributed by atoms with Gasteiger partial charge in [-0.25, -0.2) is 0 Å². The van der Waals surface area contributed by atoms with Gasteiger partial charge in [-0.2, -0.15) is 0 Å². The Labute approximate surface area is 123 Å². The number of nitrogens with zero attached hydrogens (tertiary/aromatic N) is 1. The first-order valence-electron chi connectivity index (χ1n) is 7.78. The summed E-state index contributed by atoms with van der Waals surface area (Å²) in [6.07, 6.45) is 2.83. The molecule has 0 aromatic heterocycles. The third kappa shape index (κ3) is 4.50. The third-order valence-corrected chi connectivity index (χ3v) is 3.97. The Kier molecular flexibility index (Phi) is 5.86. The number of nitrogens with one attached hydrogen (secondary N) is 1. The Bertz CT molecular complexity index is 415. The van der Waals surface area contributed by atoms with Crippen LogP contribution in [0.2, 0.25) is 0 Å². The van der Waals surface area contributed by atoms with Gasteiger partial charge < -0.3 is 15.0 Å². The van der Waals surface area contributed by atoms with Crippen LogP contribution in [0.5, 0.6) is 0 Å². The summed E-state index contributed by atoms with van der Waals surface area (Å²) in [5.74, 6) is 0.935. The van der Waals surface area contributed by atoms with Gasteiger partial charge in [-0.1, -0.05) is 12.1 Å². The molecule has 20 heavy (non-hydrogen) atoms. The van der Waals surface area contributed by atoms with E-state index in [4.69, 9.17) is 4.74 Å². The van der Waals surface area contributed by atoms with Gasteiger partial charge in [0.2, 0.25) is 0 Å². The number of ether oxygens (including phenoxy) is 1. The molecule has 0 heterocycles. The third-order valence-electron chi connectivity index (χ3n) is 3.97. The molecule has 2 rings (SSSR count). The lowest BCUT2D eigenvalue weighted by Crippen LogP contribution is -2.26. The van der Waals surface area contributed by atoms with E-state index in [1.807, 2.05) is 0 Å². The molecule has 0 bridgehead atoms. The van der Waals surface area contributed by atoms with E-state index < -0.39 is 0 Å². The van der Waals surface area contributed by atoms with Crippen LogP contribution in [0.1, 0.15) is 30.9 Å². The minimum atomic E-state index is 0.766. The van der Waals surface area contributed by atoms with Gasteiger partial charge in [-0.15, -0.1) is 0 Å². The highest BCUT2D eigenvalue weighted by Crippen LogP contribution is 2.32. The summed E-state index contributed by atoms with van der Waals surface area (Å²) < 4.78 is 5.04. The van der Waals surface area contributed by atoms with E-state index in [2.05, 4.69) is 42.3 Å². The number of hydrogen-bond donors (Lipinski definition) is 1. The fourth-order valence-corrected chi connectivity index (χ4v) is 2.60. The minimum absolute atomic E-state index is 0.766. The van der Waals surface area contributed by atoms with Crippen LogP contribution in [-0.2, 0) is 11.3 Å². The highest BCUT2D eigenvalue weighted by atomic mass is 16.5.